The van der Waals surface area contributed by atoms with E-state index in [4.69, 9.17) is 9.26 Å². The van der Waals surface area contributed by atoms with E-state index in [-0.39, 0.29) is 17.3 Å². The number of amides is 1. The molecule has 36 heavy (non-hydrogen) atoms. The molecule has 1 saturated heterocycles. The second-order valence-electron chi connectivity index (χ2n) is 9.11. The number of hydrogen-bond acceptors (Lipinski definition) is 7. The lowest BCUT2D eigenvalue weighted by atomic mass is 9.80. The quantitative estimate of drug-likeness (QED) is 0.235. The average Bonchev–Trinajstić information content (AvgIpc) is 3.56. The molecular formula is C28H26N2O6. The number of aliphatic hydroxyl groups excluding tert-OH is 1. The lowest BCUT2D eigenvalue weighted by molar-refractivity contribution is -0.132. The minimum Gasteiger partial charge on any atom is -0.507 e. The van der Waals surface area contributed by atoms with Crippen molar-refractivity contribution in [2.75, 3.05) is 12.0 Å². The van der Waals surface area contributed by atoms with Gasteiger partial charge in [0.25, 0.3) is 11.7 Å². The van der Waals surface area contributed by atoms with E-state index in [1.54, 1.807) is 30.3 Å². The number of ether oxygens (including phenoxy) is 1. The number of esters is 1. The summed E-state index contributed by atoms with van der Waals surface area (Å²) in [5.74, 6) is -2.06. The molecule has 1 atom stereocenters. The summed E-state index contributed by atoms with van der Waals surface area (Å²) in [5.41, 5.74) is 2.87. The highest BCUT2D eigenvalue weighted by Crippen LogP contribution is 2.41. The number of hydrogen-bond donors (Lipinski definition) is 1. The molecule has 1 amide bonds. The molecule has 0 spiro atoms. The van der Waals surface area contributed by atoms with Gasteiger partial charge in [-0.1, -0.05) is 48.7 Å². The zero-order valence-corrected chi connectivity index (χ0v) is 19.8. The maximum atomic E-state index is 13.3. The molecule has 8 nitrogen and oxygen atoms in total. The van der Waals surface area contributed by atoms with Crippen molar-refractivity contribution in [3.05, 3.63) is 77.6 Å². The number of Topliss-reactive ketones (excluding diaryl/α,β-unsaturated/α-hetero) is 1. The Morgan fingerprint density at radius 2 is 1.64 bits per heavy atom. The van der Waals surface area contributed by atoms with E-state index in [9.17, 15) is 19.5 Å². The maximum Gasteiger partial charge on any atom is 0.337 e. The molecule has 1 saturated carbocycles. The third kappa shape index (κ3) is 4.19. The zero-order valence-electron chi connectivity index (χ0n) is 19.8. The van der Waals surface area contributed by atoms with Crippen LogP contribution in [0.2, 0.25) is 0 Å². The molecule has 5 rings (SSSR count). The molecule has 184 valence electrons. The summed E-state index contributed by atoms with van der Waals surface area (Å²) in [6.07, 6.45) is 6.32. The summed E-state index contributed by atoms with van der Waals surface area (Å²) in [5, 5.41) is 15.2. The second-order valence-corrected chi connectivity index (χ2v) is 9.11. The van der Waals surface area contributed by atoms with Crippen LogP contribution in [-0.2, 0) is 14.3 Å². The number of anilines is 1. The monoisotopic (exact) mass is 486 g/mol. The fourth-order valence-corrected chi connectivity index (χ4v) is 5.23. The van der Waals surface area contributed by atoms with Gasteiger partial charge in [-0.15, -0.1) is 0 Å². The van der Waals surface area contributed by atoms with Gasteiger partial charge in [0.1, 0.15) is 17.7 Å². The third-order valence-corrected chi connectivity index (χ3v) is 7.04. The third-order valence-electron chi connectivity index (χ3n) is 7.04. The number of ketones is 1. The zero-order chi connectivity index (χ0) is 25.2. The number of aromatic nitrogens is 1. The van der Waals surface area contributed by atoms with Crippen molar-refractivity contribution in [2.24, 2.45) is 5.92 Å². The van der Waals surface area contributed by atoms with Crippen molar-refractivity contribution in [1.29, 1.82) is 0 Å². The smallest absolute Gasteiger partial charge is 0.337 e. The Bertz CT molecular complexity index is 1300. The number of rotatable bonds is 5. The predicted molar refractivity (Wildman–Crippen MR) is 132 cm³/mol. The van der Waals surface area contributed by atoms with Crippen LogP contribution in [0.4, 0.5) is 5.69 Å². The molecule has 2 heterocycles. The Balaban J connectivity index is 1.56. The molecule has 3 aromatic rings. The molecule has 1 unspecified atom stereocenters. The Morgan fingerprint density at radius 3 is 2.25 bits per heavy atom. The molecular weight excluding hydrogens is 460 g/mol. The van der Waals surface area contributed by atoms with E-state index in [0.717, 1.165) is 37.7 Å². The van der Waals surface area contributed by atoms with E-state index >= 15 is 0 Å². The lowest BCUT2D eigenvalue weighted by Gasteiger charge is -2.34. The molecule has 1 aliphatic carbocycles. The molecule has 1 N–H and O–H groups in total. The topological polar surface area (TPSA) is 110 Å². The summed E-state index contributed by atoms with van der Waals surface area (Å²) in [6.45, 7) is 0. The van der Waals surface area contributed by atoms with Gasteiger partial charge in [-0.25, -0.2) is 4.79 Å². The van der Waals surface area contributed by atoms with Crippen LogP contribution >= 0.6 is 0 Å². The van der Waals surface area contributed by atoms with E-state index < -0.39 is 23.7 Å². The number of nitrogens with zero attached hydrogens (tertiary/aromatic N) is 2. The van der Waals surface area contributed by atoms with Crippen LogP contribution in [-0.4, -0.2) is 41.1 Å². The van der Waals surface area contributed by atoms with Crippen LogP contribution in [0.5, 0.6) is 0 Å². The molecule has 1 aromatic heterocycles. The lowest BCUT2D eigenvalue weighted by Crippen LogP contribution is -2.40. The van der Waals surface area contributed by atoms with E-state index in [1.165, 1.54) is 30.4 Å². The minimum atomic E-state index is -0.708. The maximum absolute atomic E-state index is 13.3. The summed E-state index contributed by atoms with van der Waals surface area (Å²) >= 11 is 0. The fraction of sp³-hybridized carbons (Fsp3) is 0.286. The summed E-state index contributed by atoms with van der Waals surface area (Å²) in [6, 6.07) is 14.6. The highest BCUT2D eigenvalue weighted by molar-refractivity contribution is 6.51. The van der Waals surface area contributed by atoms with E-state index in [0.29, 0.717) is 22.5 Å². The molecule has 2 aromatic carbocycles. The van der Waals surface area contributed by atoms with Gasteiger partial charge in [0, 0.05) is 22.9 Å². The standard InChI is InChI=1S/C28H26N2O6/c1-35-28(34)20-9-7-19(8-10-20)25(31)23-24(18-5-3-2-4-6-18)30(27(33)26(23)32)21-13-11-17(12-14-21)22-15-16-36-29-22/h7-16,18,24,31H,2-6H2,1H3/b25-23-. The van der Waals surface area contributed by atoms with Crippen molar-refractivity contribution in [1.82, 2.24) is 5.16 Å². The minimum absolute atomic E-state index is 0.0378. The first kappa shape index (κ1) is 23.5. The highest BCUT2D eigenvalue weighted by Gasteiger charge is 2.49. The largest absolute Gasteiger partial charge is 0.507 e. The molecule has 2 aliphatic rings. The number of benzene rings is 2. The first-order valence-electron chi connectivity index (χ1n) is 12.0. The van der Waals surface area contributed by atoms with Gasteiger partial charge in [-0.05, 0) is 43.0 Å². The normalized spacial score (nSPS) is 20.0. The van der Waals surface area contributed by atoms with Gasteiger partial charge in [0.15, 0.2) is 0 Å². The molecule has 0 bridgehead atoms. The number of carbonyl (C=O) groups excluding carboxylic acids is 3. The first-order valence-corrected chi connectivity index (χ1v) is 12.0. The molecule has 8 heteroatoms. The first-order chi connectivity index (χ1) is 17.5. The summed E-state index contributed by atoms with van der Waals surface area (Å²) in [4.78, 5) is 40.0. The Hall–Kier alpha value is -4.20. The van der Waals surface area contributed by atoms with E-state index in [2.05, 4.69) is 5.16 Å². The van der Waals surface area contributed by atoms with Crippen LogP contribution in [0.15, 0.2) is 71.0 Å². The SMILES string of the molecule is COC(=O)c1ccc(/C(O)=C2/C(=O)C(=O)N(c3ccc(-c4ccon4)cc3)C2C2CCCCC2)cc1. The van der Waals surface area contributed by atoms with Crippen LogP contribution in [0, 0.1) is 5.92 Å². The second kappa shape index (κ2) is 9.81. The van der Waals surface area contributed by atoms with Crippen molar-refractivity contribution < 1.29 is 28.8 Å². The van der Waals surface area contributed by atoms with Crippen LogP contribution in [0.3, 0.4) is 0 Å². The van der Waals surface area contributed by atoms with Gasteiger partial charge in [0.2, 0.25) is 0 Å². The van der Waals surface area contributed by atoms with Crippen LogP contribution in [0.1, 0.15) is 48.0 Å². The van der Waals surface area contributed by atoms with Crippen molar-refractivity contribution in [3.8, 4) is 11.3 Å². The summed E-state index contributed by atoms with van der Waals surface area (Å²) < 4.78 is 9.65. The Kier molecular flexibility index (Phi) is 6.41. The van der Waals surface area contributed by atoms with Crippen molar-refractivity contribution >= 4 is 29.1 Å². The molecule has 1 aliphatic heterocycles. The molecule has 2 fully saturated rings. The van der Waals surface area contributed by atoms with Crippen LogP contribution in [0.25, 0.3) is 17.0 Å². The number of aliphatic hydroxyl groups is 1. The van der Waals surface area contributed by atoms with Gasteiger partial charge in [0.05, 0.1) is 24.3 Å². The van der Waals surface area contributed by atoms with Gasteiger partial charge in [-0.3, -0.25) is 14.5 Å². The van der Waals surface area contributed by atoms with Gasteiger partial charge < -0.3 is 14.4 Å². The highest BCUT2D eigenvalue weighted by atomic mass is 16.5. The van der Waals surface area contributed by atoms with Crippen molar-refractivity contribution in [2.45, 2.75) is 38.1 Å². The average molecular weight is 487 g/mol. The molecule has 0 radical (unpaired) electrons. The van der Waals surface area contributed by atoms with Crippen LogP contribution < -0.4 is 4.90 Å². The Labute approximate surface area is 208 Å². The van der Waals surface area contributed by atoms with E-state index in [1.807, 2.05) is 12.1 Å². The van der Waals surface area contributed by atoms with Gasteiger partial charge in [-0.2, -0.15) is 0 Å². The predicted octanol–water partition coefficient (Wildman–Crippen LogP) is 4.96. The number of carbonyl (C=O) groups is 3. The fourth-order valence-electron chi connectivity index (χ4n) is 5.23. The van der Waals surface area contributed by atoms with Gasteiger partial charge >= 0.3 is 5.97 Å². The number of methoxy groups -OCH3 is 1. The van der Waals surface area contributed by atoms with Crippen molar-refractivity contribution in [3.63, 3.8) is 0 Å². The summed E-state index contributed by atoms with van der Waals surface area (Å²) in [7, 11) is 1.29. The Morgan fingerprint density at radius 1 is 0.972 bits per heavy atom.